The molecule has 0 aromatic rings. The van der Waals surface area contributed by atoms with Gasteiger partial charge in [-0.2, -0.15) is 0 Å². The first kappa shape index (κ1) is 24.4. The van der Waals surface area contributed by atoms with E-state index in [1.165, 1.54) is 6.04 Å². The summed E-state index contributed by atoms with van der Waals surface area (Å²) in [5, 5.41) is 3.21. The maximum Gasteiger partial charge on any atom is 0.500 e. The highest BCUT2D eigenvalue weighted by Gasteiger charge is 2.36. The van der Waals surface area contributed by atoms with Crippen molar-refractivity contribution in [3.8, 4) is 0 Å². The normalized spacial score (nSPS) is 12.7. The summed E-state index contributed by atoms with van der Waals surface area (Å²) in [5.74, 6) is 0. The van der Waals surface area contributed by atoms with Gasteiger partial charge in [-0.05, 0) is 38.5 Å². The van der Waals surface area contributed by atoms with Gasteiger partial charge in [0.15, 0.2) is 9.04 Å². The molecule has 9 heteroatoms. The molecule has 1 atom stereocenters. The first-order valence-corrected chi connectivity index (χ1v) is 12.2. The van der Waals surface area contributed by atoms with Crippen LogP contribution in [0.15, 0.2) is 0 Å². The van der Waals surface area contributed by atoms with E-state index in [1.54, 1.807) is 28.4 Å². The second kappa shape index (κ2) is 17.5. The SMILES string of the molecule is CO[SiH](C)CCCN.CO[Si](CCCNCCN)(OC)OC. The zero-order chi connectivity index (χ0) is 17.3. The average Bonchev–Trinajstić information content (AvgIpc) is 2.57. The largest absolute Gasteiger partial charge is 0.500 e. The van der Waals surface area contributed by atoms with Crippen molar-refractivity contribution in [3.05, 3.63) is 0 Å². The summed E-state index contributed by atoms with van der Waals surface area (Å²) in [6.07, 6.45) is 2.10. The summed E-state index contributed by atoms with van der Waals surface area (Å²) in [5.41, 5.74) is 10.6. The Labute approximate surface area is 139 Å². The van der Waals surface area contributed by atoms with Crippen molar-refractivity contribution in [2.75, 3.05) is 54.6 Å². The molecule has 0 aliphatic rings. The summed E-state index contributed by atoms with van der Waals surface area (Å²) in [4.78, 5) is 0. The van der Waals surface area contributed by atoms with Crippen molar-refractivity contribution in [2.45, 2.75) is 31.5 Å². The van der Waals surface area contributed by atoms with Crippen molar-refractivity contribution in [2.24, 2.45) is 11.5 Å². The van der Waals surface area contributed by atoms with Crippen LogP contribution in [-0.4, -0.2) is 72.5 Å². The van der Waals surface area contributed by atoms with Crippen molar-refractivity contribution in [1.82, 2.24) is 5.32 Å². The fraction of sp³-hybridized carbons (Fsp3) is 1.00. The smallest absolute Gasteiger partial charge is 0.423 e. The third kappa shape index (κ3) is 13.8. The molecular weight excluding hydrogens is 318 g/mol. The van der Waals surface area contributed by atoms with Gasteiger partial charge in [0.2, 0.25) is 0 Å². The van der Waals surface area contributed by atoms with Crippen LogP contribution >= 0.6 is 0 Å². The Morgan fingerprint density at radius 3 is 1.91 bits per heavy atom. The van der Waals surface area contributed by atoms with Gasteiger partial charge in [0.05, 0.1) is 0 Å². The fourth-order valence-corrected chi connectivity index (χ4v) is 4.50. The molecule has 22 heavy (non-hydrogen) atoms. The maximum absolute atomic E-state index is 5.35. The van der Waals surface area contributed by atoms with Crippen LogP contribution in [-0.2, 0) is 17.7 Å². The van der Waals surface area contributed by atoms with Gasteiger partial charge in [0, 0.05) is 47.6 Å². The molecule has 0 aromatic carbocycles. The predicted molar refractivity (Wildman–Crippen MR) is 96.6 cm³/mol. The summed E-state index contributed by atoms with van der Waals surface area (Å²) in [6, 6.07) is 2.04. The van der Waals surface area contributed by atoms with E-state index in [-0.39, 0.29) is 0 Å². The monoisotopic (exact) mass is 355 g/mol. The zero-order valence-corrected chi connectivity index (χ0v) is 17.2. The molecule has 0 spiro atoms. The van der Waals surface area contributed by atoms with E-state index < -0.39 is 17.8 Å². The van der Waals surface area contributed by atoms with Gasteiger partial charge < -0.3 is 34.5 Å². The number of nitrogens with two attached hydrogens (primary N) is 2. The molecule has 0 heterocycles. The molecular formula is C13H37N3O4Si2. The van der Waals surface area contributed by atoms with Gasteiger partial charge in [-0.1, -0.05) is 0 Å². The minimum atomic E-state index is -2.35. The number of rotatable bonds is 13. The van der Waals surface area contributed by atoms with Crippen LogP contribution in [0.3, 0.4) is 0 Å². The van der Waals surface area contributed by atoms with E-state index in [4.69, 9.17) is 29.2 Å². The second-order valence-corrected chi connectivity index (χ2v) is 10.7. The topological polar surface area (TPSA) is 101 Å². The quantitative estimate of drug-likeness (QED) is 0.319. The van der Waals surface area contributed by atoms with Crippen LogP contribution in [0.4, 0.5) is 0 Å². The average molecular weight is 356 g/mol. The Kier molecular flexibility index (Phi) is 19.4. The van der Waals surface area contributed by atoms with Gasteiger partial charge in [-0.25, -0.2) is 0 Å². The molecule has 136 valence electrons. The summed E-state index contributed by atoms with van der Waals surface area (Å²) in [6.45, 7) is 5.43. The molecule has 0 radical (unpaired) electrons. The highest BCUT2D eigenvalue weighted by Crippen LogP contribution is 2.14. The van der Waals surface area contributed by atoms with Crippen LogP contribution in [0.1, 0.15) is 12.8 Å². The molecule has 0 saturated carbocycles. The Morgan fingerprint density at radius 2 is 1.50 bits per heavy atom. The Morgan fingerprint density at radius 1 is 0.909 bits per heavy atom. The minimum Gasteiger partial charge on any atom is -0.423 e. The lowest BCUT2D eigenvalue weighted by molar-refractivity contribution is 0.123. The highest BCUT2D eigenvalue weighted by atomic mass is 28.4. The minimum absolute atomic E-state index is 0.668. The lowest BCUT2D eigenvalue weighted by atomic mass is 10.5. The van der Waals surface area contributed by atoms with Crippen molar-refractivity contribution in [3.63, 3.8) is 0 Å². The van der Waals surface area contributed by atoms with Crippen LogP contribution in [0.25, 0.3) is 0 Å². The Balaban J connectivity index is 0. The van der Waals surface area contributed by atoms with Crippen LogP contribution < -0.4 is 16.8 Å². The molecule has 1 unspecified atom stereocenters. The highest BCUT2D eigenvalue weighted by molar-refractivity contribution is 6.60. The van der Waals surface area contributed by atoms with E-state index in [1.807, 2.05) is 0 Å². The molecule has 0 bridgehead atoms. The van der Waals surface area contributed by atoms with Gasteiger partial charge in [-0.3, -0.25) is 0 Å². The number of nitrogens with one attached hydrogen (secondary N) is 1. The number of hydrogen-bond donors (Lipinski definition) is 3. The van der Waals surface area contributed by atoms with E-state index in [0.717, 1.165) is 38.5 Å². The lowest BCUT2D eigenvalue weighted by Crippen LogP contribution is -2.43. The molecule has 0 rings (SSSR count). The number of hydrogen-bond acceptors (Lipinski definition) is 7. The van der Waals surface area contributed by atoms with Crippen LogP contribution in [0.5, 0.6) is 0 Å². The first-order chi connectivity index (χ1) is 10.6. The van der Waals surface area contributed by atoms with E-state index in [2.05, 4.69) is 11.9 Å². The summed E-state index contributed by atoms with van der Waals surface area (Å²) >= 11 is 0. The molecule has 0 aliphatic carbocycles. The fourth-order valence-electron chi connectivity index (χ4n) is 1.74. The van der Waals surface area contributed by atoms with Crippen molar-refractivity contribution >= 4 is 17.8 Å². The third-order valence-corrected chi connectivity index (χ3v) is 8.17. The lowest BCUT2D eigenvalue weighted by Gasteiger charge is -2.24. The molecule has 0 aromatic heterocycles. The summed E-state index contributed by atoms with van der Waals surface area (Å²) < 4.78 is 21.0. The van der Waals surface area contributed by atoms with Gasteiger partial charge in [0.25, 0.3) is 0 Å². The summed E-state index contributed by atoms with van der Waals surface area (Å²) in [7, 11) is 3.55. The second-order valence-electron chi connectivity index (χ2n) is 4.91. The molecule has 0 fully saturated rings. The third-order valence-electron chi connectivity index (χ3n) is 3.31. The zero-order valence-electron chi connectivity index (χ0n) is 15.0. The van der Waals surface area contributed by atoms with Gasteiger partial charge in [0.1, 0.15) is 0 Å². The standard InChI is InChI=1S/C8H22N2O3Si.C5H15NOSi/c1-11-14(12-2,13-3)8-4-6-10-7-5-9;1-7-8(2)5-3-4-6/h10H,4-9H2,1-3H3;8H,3-6H2,1-2H3. The Hall–Kier alpha value is 0.154. The van der Waals surface area contributed by atoms with E-state index in [0.29, 0.717) is 6.54 Å². The molecule has 0 saturated heterocycles. The first-order valence-electron chi connectivity index (χ1n) is 7.84. The van der Waals surface area contributed by atoms with E-state index >= 15 is 0 Å². The Bertz CT molecular complexity index is 217. The van der Waals surface area contributed by atoms with E-state index in [9.17, 15) is 0 Å². The van der Waals surface area contributed by atoms with Gasteiger partial charge in [-0.15, -0.1) is 0 Å². The van der Waals surface area contributed by atoms with Crippen molar-refractivity contribution < 1.29 is 17.7 Å². The molecule has 5 N–H and O–H groups in total. The molecule has 7 nitrogen and oxygen atoms in total. The molecule has 0 aliphatic heterocycles. The van der Waals surface area contributed by atoms with Crippen LogP contribution in [0.2, 0.25) is 18.6 Å². The van der Waals surface area contributed by atoms with Crippen molar-refractivity contribution in [1.29, 1.82) is 0 Å². The van der Waals surface area contributed by atoms with Gasteiger partial charge >= 0.3 is 8.80 Å². The molecule has 0 amide bonds. The van der Waals surface area contributed by atoms with Crippen LogP contribution in [0, 0.1) is 0 Å². The predicted octanol–water partition coefficient (Wildman–Crippen LogP) is 0.138. The maximum atomic E-state index is 5.35.